The maximum Gasteiger partial charge on any atom is 0.389 e. The summed E-state index contributed by atoms with van der Waals surface area (Å²) in [5, 5.41) is 2.79. The van der Waals surface area contributed by atoms with Crippen molar-refractivity contribution in [1.29, 1.82) is 0 Å². The van der Waals surface area contributed by atoms with Gasteiger partial charge in [0.25, 0.3) is 0 Å². The van der Waals surface area contributed by atoms with E-state index in [1.807, 2.05) is 0 Å². The van der Waals surface area contributed by atoms with E-state index in [4.69, 9.17) is 0 Å². The zero-order valence-electron chi connectivity index (χ0n) is 9.10. The van der Waals surface area contributed by atoms with E-state index >= 15 is 0 Å². The number of hydrogen-bond donors (Lipinski definition) is 2. The molecular formula is C8H17F3N2O2S. The molecule has 0 aliphatic carbocycles. The largest absolute Gasteiger partial charge is 0.389 e. The topological polar surface area (TPSA) is 58.2 Å². The van der Waals surface area contributed by atoms with Gasteiger partial charge in [-0.25, -0.2) is 13.1 Å². The summed E-state index contributed by atoms with van der Waals surface area (Å²) in [6, 6.07) is 0. The van der Waals surface area contributed by atoms with Crippen LogP contribution in [-0.4, -0.2) is 40.5 Å². The lowest BCUT2D eigenvalue weighted by Crippen LogP contribution is -2.29. The molecule has 0 aromatic rings. The maximum atomic E-state index is 11.7. The molecule has 0 bridgehead atoms. The number of halogens is 3. The predicted molar refractivity (Wildman–Crippen MR) is 55.6 cm³/mol. The average Bonchev–Trinajstić information content (AvgIpc) is 2.11. The average molecular weight is 262 g/mol. The summed E-state index contributed by atoms with van der Waals surface area (Å²) in [5.41, 5.74) is 0. The van der Waals surface area contributed by atoms with E-state index in [1.54, 1.807) is 7.05 Å². The molecule has 0 amide bonds. The van der Waals surface area contributed by atoms with Crippen LogP contribution in [0.25, 0.3) is 0 Å². The van der Waals surface area contributed by atoms with E-state index in [-0.39, 0.29) is 18.7 Å². The highest BCUT2D eigenvalue weighted by atomic mass is 32.2. The Bertz CT molecular complexity index is 277. The van der Waals surface area contributed by atoms with Crippen molar-refractivity contribution in [3.8, 4) is 0 Å². The minimum Gasteiger partial charge on any atom is -0.320 e. The third-order valence-corrected chi connectivity index (χ3v) is 3.27. The fourth-order valence-corrected chi connectivity index (χ4v) is 2.15. The Morgan fingerprint density at radius 3 is 2.25 bits per heavy atom. The molecule has 0 saturated heterocycles. The van der Waals surface area contributed by atoms with E-state index in [1.165, 1.54) is 0 Å². The molecule has 16 heavy (non-hydrogen) atoms. The number of alkyl halides is 3. The van der Waals surface area contributed by atoms with E-state index in [9.17, 15) is 21.6 Å². The van der Waals surface area contributed by atoms with Crippen LogP contribution < -0.4 is 10.0 Å². The smallest absolute Gasteiger partial charge is 0.320 e. The van der Waals surface area contributed by atoms with Crippen LogP contribution in [0.2, 0.25) is 0 Å². The van der Waals surface area contributed by atoms with Crippen LogP contribution in [0, 0.1) is 0 Å². The number of sulfonamides is 1. The van der Waals surface area contributed by atoms with Crippen LogP contribution in [0.15, 0.2) is 0 Å². The number of nitrogens with one attached hydrogen (secondary N) is 2. The molecule has 0 unspecified atom stereocenters. The minimum absolute atomic E-state index is 0.0696. The molecule has 0 aliphatic heterocycles. The normalized spacial score (nSPS) is 13.0. The first-order valence-electron chi connectivity index (χ1n) is 4.95. The van der Waals surface area contributed by atoms with Gasteiger partial charge in [-0.15, -0.1) is 0 Å². The quantitative estimate of drug-likeness (QED) is 0.638. The first-order chi connectivity index (χ1) is 7.27. The van der Waals surface area contributed by atoms with Gasteiger partial charge in [0, 0.05) is 13.0 Å². The third-order valence-electron chi connectivity index (χ3n) is 1.80. The van der Waals surface area contributed by atoms with Gasteiger partial charge in [0.15, 0.2) is 0 Å². The Labute approximate surface area is 93.7 Å². The van der Waals surface area contributed by atoms with E-state index in [0.717, 1.165) is 0 Å². The second-order valence-electron chi connectivity index (χ2n) is 3.39. The molecule has 4 nitrogen and oxygen atoms in total. The summed E-state index contributed by atoms with van der Waals surface area (Å²) in [4.78, 5) is 0. The molecule has 0 aromatic carbocycles. The van der Waals surface area contributed by atoms with Crippen molar-refractivity contribution < 1.29 is 21.6 Å². The van der Waals surface area contributed by atoms with Gasteiger partial charge in [0.2, 0.25) is 10.0 Å². The zero-order valence-corrected chi connectivity index (χ0v) is 9.92. The molecule has 0 spiro atoms. The van der Waals surface area contributed by atoms with E-state index < -0.39 is 22.6 Å². The second-order valence-corrected chi connectivity index (χ2v) is 5.32. The molecule has 0 fully saturated rings. The molecule has 2 N–H and O–H groups in total. The summed E-state index contributed by atoms with van der Waals surface area (Å²) in [6.45, 7) is 0.394. The summed E-state index contributed by atoms with van der Waals surface area (Å²) in [7, 11) is -1.73. The molecule has 0 rings (SSSR count). The SMILES string of the molecule is CNCCCS(=O)(=O)NCCCC(F)(F)F. The van der Waals surface area contributed by atoms with Gasteiger partial charge < -0.3 is 5.32 Å². The lowest BCUT2D eigenvalue weighted by molar-refractivity contribution is -0.135. The summed E-state index contributed by atoms with van der Waals surface area (Å²) in [6.07, 6.45) is -4.98. The van der Waals surface area contributed by atoms with Crippen molar-refractivity contribution in [3.05, 3.63) is 0 Å². The molecule has 98 valence electrons. The summed E-state index contributed by atoms with van der Waals surface area (Å²) in [5.74, 6) is -0.0696. The Kier molecular flexibility index (Phi) is 6.93. The number of hydrogen-bond acceptors (Lipinski definition) is 3. The van der Waals surface area contributed by atoms with Crippen LogP contribution in [0.4, 0.5) is 13.2 Å². The highest BCUT2D eigenvalue weighted by molar-refractivity contribution is 7.89. The van der Waals surface area contributed by atoms with Crippen molar-refractivity contribution >= 4 is 10.0 Å². The van der Waals surface area contributed by atoms with Crippen molar-refractivity contribution in [1.82, 2.24) is 10.0 Å². The van der Waals surface area contributed by atoms with Crippen molar-refractivity contribution in [3.63, 3.8) is 0 Å². The Hall–Kier alpha value is -0.340. The van der Waals surface area contributed by atoms with E-state index in [0.29, 0.717) is 13.0 Å². The van der Waals surface area contributed by atoms with Crippen molar-refractivity contribution in [2.75, 3.05) is 25.9 Å². The molecule has 0 aliphatic rings. The molecular weight excluding hydrogens is 245 g/mol. The first-order valence-corrected chi connectivity index (χ1v) is 6.61. The Balaban J connectivity index is 3.67. The highest BCUT2D eigenvalue weighted by Gasteiger charge is 2.26. The van der Waals surface area contributed by atoms with Gasteiger partial charge in [-0.3, -0.25) is 0 Å². The summed E-state index contributed by atoms with van der Waals surface area (Å²) < 4.78 is 59.8. The Morgan fingerprint density at radius 1 is 1.12 bits per heavy atom. The molecule has 0 atom stereocenters. The van der Waals surface area contributed by atoms with Crippen molar-refractivity contribution in [2.45, 2.75) is 25.4 Å². The summed E-state index contributed by atoms with van der Waals surface area (Å²) >= 11 is 0. The zero-order chi connectivity index (χ0) is 12.7. The number of rotatable bonds is 8. The highest BCUT2D eigenvalue weighted by Crippen LogP contribution is 2.20. The van der Waals surface area contributed by atoms with Crippen LogP contribution in [-0.2, 0) is 10.0 Å². The van der Waals surface area contributed by atoms with Gasteiger partial charge in [-0.05, 0) is 26.4 Å². The maximum absolute atomic E-state index is 11.7. The van der Waals surface area contributed by atoms with Gasteiger partial charge in [-0.1, -0.05) is 0 Å². The second kappa shape index (κ2) is 7.08. The predicted octanol–water partition coefficient (Wildman–Crippen LogP) is 0.858. The van der Waals surface area contributed by atoms with Gasteiger partial charge in [0.1, 0.15) is 0 Å². The fraction of sp³-hybridized carbons (Fsp3) is 1.00. The third kappa shape index (κ3) is 10.2. The van der Waals surface area contributed by atoms with E-state index in [2.05, 4.69) is 10.0 Å². The molecule has 0 heterocycles. The van der Waals surface area contributed by atoms with Crippen LogP contribution in [0.3, 0.4) is 0 Å². The molecule has 0 saturated carbocycles. The fourth-order valence-electron chi connectivity index (χ4n) is 1.03. The van der Waals surface area contributed by atoms with Gasteiger partial charge in [0.05, 0.1) is 5.75 Å². The van der Waals surface area contributed by atoms with Crippen molar-refractivity contribution in [2.24, 2.45) is 0 Å². The Morgan fingerprint density at radius 2 is 1.75 bits per heavy atom. The molecule has 0 radical (unpaired) electrons. The van der Waals surface area contributed by atoms with Gasteiger partial charge >= 0.3 is 6.18 Å². The molecule has 8 heteroatoms. The molecule has 0 aromatic heterocycles. The van der Waals surface area contributed by atoms with Crippen LogP contribution in [0.5, 0.6) is 0 Å². The lowest BCUT2D eigenvalue weighted by Gasteiger charge is -2.08. The van der Waals surface area contributed by atoms with Crippen LogP contribution >= 0.6 is 0 Å². The monoisotopic (exact) mass is 262 g/mol. The van der Waals surface area contributed by atoms with Crippen LogP contribution in [0.1, 0.15) is 19.3 Å². The van der Waals surface area contributed by atoms with Gasteiger partial charge in [-0.2, -0.15) is 13.2 Å². The lowest BCUT2D eigenvalue weighted by atomic mass is 10.3. The minimum atomic E-state index is -4.22. The first kappa shape index (κ1) is 15.7. The standard InChI is InChI=1S/C8H17F3N2O2S/c1-12-5-3-7-16(14,15)13-6-2-4-8(9,10)11/h12-13H,2-7H2,1H3.